The van der Waals surface area contributed by atoms with Crippen LogP contribution in [0, 0.1) is 17.1 Å². The van der Waals surface area contributed by atoms with Crippen molar-refractivity contribution in [3.63, 3.8) is 0 Å². The molecule has 12 heteroatoms. The highest BCUT2D eigenvalue weighted by atomic mass is 32.2. The van der Waals surface area contributed by atoms with Gasteiger partial charge in [-0.1, -0.05) is 0 Å². The predicted molar refractivity (Wildman–Crippen MR) is 148 cm³/mol. The highest BCUT2D eigenvalue weighted by Gasteiger charge is 2.43. The normalized spacial score (nSPS) is 20.6. The molecule has 3 heterocycles. The van der Waals surface area contributed by atoms with Crippen molar-refractivity contribution in [2.75, 3.05) is 55.0 Å². The number of piperazine rings is 1. The lowest BCUT2D eigenvalue weighted by molar-refractivity contribution is -0.00778. The molecule has 4 rings (SSSR count). The number of rotatable bonds is 6. The fourth-order valence-electron chi connectivity index (χ4n) is 5.56. The number of aromatic nitrogens is 2. The molecule has 0 amide bonds. The van der Waals surface area contributed by atoms with E-state index in [4.69, 9.17) is 0 Å². The Morgan fingerprint density at radius 3 is 2.32 bits per heavy atom. The number of nitriles is 1. The first-order chi connectivity index (χ1) is 17.7. The lowest BCUT2D eigenvalue weighted by atomic mass is 9.77. The van der Waals surface area contributed by atoms with Crippen molar-refractivity contribution in [1.29, 1.82) is 5.26 Å². The van der Waals surface area contributed by atoms with E-state index in [1.807, 2.05) is 11.0 Å². The van der Waals surface area contributed by atoms with Crippen LogP contribution in [0.1, 0.15) is 46.1 Å². The standard InChI is InChI=1S/C26H37FN8O2S/c1-25(2)14-20(15-26(3,4)33(25)5)30-23-21(27)17-29-24(32-23)31-19-7-8-22(18(13-19)16-28)34-9-11-35(12-10-34)38(6,36)37/h7-8,13,17,20H,9-12,14-15H2,1-6H3,(H2,29,30,31,32). The van der Waals surface area contributed by atoms with Crippen molar-refractivity contribution in [1.82, 2.24) is 19.2 Å². The molecule has 10 nitrogen and oxygen atoms in total. The summed E-state index contributed by atoms with van der Waals surface area (Å²) in [6, 6.07) is 7.59. The van der Waals surface area contributed by atoms with E-state index in [0.29, 0.717) is 37.4 Å². The average Bonchev–Trinajstić information content (AvgIpc) is 2.84. The number of benzene rings is 1. The smallest absolute Gasteiger partial charge is 0.229 e. The summed E-state index contributed by atoms with van der Waals surface area (Å²) in [5, 5.41) is 16.2. The van der Waals surface area contributed by atoms with Gasteiger partial charge in [0.2, 0.25) is 16.0 Å². The summed E-state index contributed by atoms with van der Waals surface area (Å²) in [6.45, 7) is 10.5. The van der Waals surface area contributed by atoms with Gasteiger partial charge in [-0.2, -0.15) is 14.6 Å². The van der Waals surface area contributed by atoms with E-state index < -0.39 is 15.8 Å². The largest absolute Gasteiger partial charge is 0.368 e. The maximum Gasteiger partial charge on any atom is 0.229 e. The summed E-state index contributed by atoms with van der Waals surface area (Å²) in [7, 11) is -1.11. The average molecular weight is 545 g/mol. The van der Waals surface area contributed by atoms with Crippen LogP contribution >= 0.6 is 0 Å². The third kappa shape index (κ3) is 6.00. The molecule has 0 bridgehead atoms. The van der Waals surface area contributed by atoms with Crippen molar-refractivity contribution >= 4 is 33.2 Å². The van der Waals surface area contributed by atoms with Crippen molar-refractivity contribution in [3.8, 4) is 6.07 Å². The molecule has 0 radical (unpaired) electrons. The van der Waals surface area contributed by atoms with Gasteiger partial charge in [-0.25, -0.2) is 17.8 Å². The van der Waals surface area contributed by atoms with E-state index in [9.17, 15) is 18.1 Å². The fourth-order valence-corrected chi connectivity index (χ4v) is 6.39. The minimum atomic E-state index is -3.24. The van der Waals surface area contributed by atoms with E-state index in [-0.39, 0.29) is 28.9 Å². The van der Waals surface area contributed by atoms with Gasteiger partial charge in [0.15, 0.2) is 11.6 Å². The molecule has 0 saturated carbocycles. The first-order valence-corrected chi connectivity index (χ1v) is 14.6. The first-order valence-electron chi connectivity index (χ1n) is 12.7. The third-order valence-electron chi connectivity index (χ3n) is 7.81. The van der Waals surface area contributed by atoms with Gasteiger partial charge in [-0.05, 0) is 65.8 Å². The molecule has 0 unspecified atom stereocenters. The highest BCUT2D eigenvalue weighted by molar-refractivity contribution is 7.88. The summed E-state index contributed by atoms with van der Waals surface area (Å²) >= 11 is 0. The second-order valence-corrected chi connectivity index (χ2v) is 13.4. The monoisotopic (exact) mass is 544 g/mol. The molecule has 1 aromatic heterocycles. The van der Waals surface area contributed by atoms with E-state index in [2.05, 4.69) is 66.3 Å². The van der Waals surface area contributed by atoms with Gasteiger partial charge in [0, 0.05) is 49.0 Å². The van der Waals surface area contributed by atoms with Gasteiger partial charge in [0.1, 0.15) is 6.07 Å². The molecule has 2 aromatic rings. The third-order valence-corrected chi connectivity index (χ3v) is 9.12. The van der Waals surface area contributed by atoms with Crippen LogP contribution in [0.25, 0.3) is 0 Å². The Balaban J connectivity index is 1.48. The Morgan fingerprint density at radius 2 is 1.74 bits per heavy atom. The van der Waals surface area contributed by atoms with Crippen molar-refractivity contribution < 1.29 is 12.8 Å². The van der Waals surface area contributed by atoms with Crippen LogP contribution in [0.15, 0.2) is 24.4 Å². The zero-order valence-electron chi connectivity index (χ0n) is 22.9. The second-order valence-electron chi connectivity index (χ2n) is 11.4. The summed E-state index contributed by atoms with van der Waals surface area (Å²) in [6.07, 6.45) is 4.02. The fraction of sp³-hybridized carbons (Fsp3) is 0.577. The number of likely N-dealkylation sites (tertiary alicyclic amines) is 1. The van der Waals surface area contributed by atoms with E-state index in [0.717, 1.165) is 24.7 Å². The van der Waals surface area contributed by atoms with Gasteiger partial charge < -0.3 is 15.5 Å². The maximum atomic E-state index is 14.7. The molecule has 0 atom stereocenters. The van der Waals surface area contributed by atoms with Crippen LogP contribution in [0.5, 0.6) is 0 Å². The van der Waals surface area contributed by atoms with Crippen LogP contribution in [0.2, 0.25) is 0 Å². The van der Waals surface area contributed by atoms with Crippen LogP contribution < -0.4 is 15.5 Å². The molecule has 38 heavy (non-hydrogen) atoms. The molecule has 206 valence electrons. The molecule has 2 saturated heterocycles. The Morgan fingerprint density at radius 1 is 1.11 bits per heavy atom. The Hall–Kier alpha value is -3.01. The van der Waals surface area contributed by atoms with Crippen LogP contribution in [0.3, 0.4) is 0 Å². The second kappa shape index (κ2) is 10.3. The Bertz CT molecular complexity index is 1320. The molecule has 2 N–H and O–H groups in total. The van der Waals surface area contributed by atoms with Crippen LogP contribution in [-0.2, 0) is 10.0 Å². The van der Waals surface area contributed by atoms with Crippen LogP contribution in [0.4, 0.5) is 27.5 Å². The Kier molecular flexibility index (Phi) is 7.58. The number of nitrogens with zero attached hydrogens (tertiary/aromatic N) is 6. The number of nitrogens with one attached hydrogen (secondary N) is 2. The molecule has 2 fully saturated rings. The summed E-state index contributed by atoms with van der Waals surface area (Å²) < 4.78 is 39.7. The SMILES string of the molecule is CN1C(C)(C)CC(Nc2nc(Nc3ccc(N4CCN(S(C)(=O)=O)CC4)c(C#N)c3)ncc2F)CC1(C)C. The molecule has 2 aliphatic rings. The van der Waals surface area contributed by atoms with Gasteiger partial charge >= 0.3 is 0 Å². The first kappa shape index (κ1) is 28.0. The minimum Gasteiger partial charge on any atom is -0.368 e. The molecular weight excluding hydrogens is 507 g/mol. The molecule has 1 aromatic carbocycles. The van der Waals surface area contributed by atoms with Crippen molar-refractivity contribution in [3.05, 3.63) is 35.8 Å². The van der Waals surface area contributed by atoms with Crippen LogP contribution in [-0.4, -0.2) is 84.2 Å². The van der Waals surface area contributed by atoms with Crippen molar-refractivity contribution in [2.24, 2.45) is 0 Å². The number of hydrogen-bond acceptors (Lipinski definition) is 9. The van der Waals surface area contributed by atoms with Gasteiger partial charge in [0.05, 0.1) is 23.7 Å². The minimum absolute atomic E-state index is 0.0427. The van der Waals surface area contributed by atoms with E-state index in [1.54, 1.807) is 12.1 Å². The molecule has 0 aliphatic carbocycles. The Labute approximate surface area is 224 Å². The number of hydrogen-bond donors (Lipinski definition) is 2. The molecular formula is C26H37FN8O2S. The number of sulfonamides is 1. The highest BCUT2D eigenvalue weighted by Crippen LogP contribution is 2.38. The van der Waals surface area contributed by atoms with Crippen molar-refractivity contribution in [2.45, 2.75) is 57.7 Å². The van der Waals surface area contributed by atoms with E-state index >= 15 is 0 Å². The van der Waals surface area contributed by atoms with E-state index in [1.165, 1.54) is 10.6 Å². The zero-order valence-corrected chi connectivity index (χ0v) is 23.7. The zero-order chi connectivity index (χ0) is 27.9. The number of anilines is 4. The maximum absolute atomic E-state index is 14.7. The number of halogens is 1. The molecule has 0 spiro atoms. The predicted octanol–water partition coefficient (Wildman–Crippen LogP) is 3.38. The van der Waals surface area contributed by atoms with Gasteiger partial charge in [-0.15, -0.1) is 0 Å². The van der Waals surface area contributed by atoms with Gasteiger partial charge in [0.25, 0.3) is 0 Å². The summed E-state index contributed by atoms with van der Waals surface area (Å²) in [5.74, 6) is -0.158. The quantitative estimate of drug-likeness (QED) is 0.564. The number of piperidine rings is 1. The topological polar surface area (TPSA) is 117 Å². The summed E-state index contributed by atoms with van der Waals surface area (Å²) in [5.41, 5.74) is 1.66. The lowest BCUT2D eigenvalue weighted by Crippen LogP contribution is -2.61. The summed E-state index contributed by atoms with van der Waals surface area (Å²) in [4.78, 5) is 12.9. The van der Waals surface area contributed by atoms with Gasteiger partial charge in [-0.3, -0.25) is 4.90 Å². The lowest BCUT2D eigenvalue weighted by Gasteiger charge is -2.53. The molecule has 2 aliphatic heterocycles.